The molecule has 4 nitrogen and oxygen atoms in total. The Morgan fingerprint density at radius 3 is 2.71 bits per heavy atom. The van der Waals surface area contributed by atoms with Gasteiger partial charge < -0.3 is 9.88 Å². The van der Waals surface area contributed by atoms with Crippen LogP contribution in [0.4, 0.5) is 5.69 Å². The van der Waals surface area contributed by atoms with Gasteiger partial charge in [0.15, 0.2) is 5.43 Å². The van der Waals surface area contributed by atoms with Gasteiger partial charge in [0.1, 0.15) is 6.54 Å². The molecule has 0 saturated heterocycles. The lowest BCUT2D eigenvalue weighted by Crippen LogP contribution is -2.20. The fraction of sp³-hybridized carbons (Fsp3) is 0.158. The van der Waals surface area contributed by atoms with Gasteiger partial charge in [0.25, 0.3) is 0 Å². The van der Waals surface area contributed by atoms with Gasteiger partial charge in [-0.25, -0.2) is 0 Å². The van der Waals surface area contributed by atoms with Crippen LogP contribution in [0.15, 0.2) is 57.9 Å². The summed E-state index contributed by atoms with van der Waals surface area (Å²) < 4.78 is 2.71. The predicted octanol–water partition coefficient (Wildman–Crippen LogP) is 4.02. The Morgan fingerprint density at radius 1 is 1.17 bits per heavy atom. The summed E-state index contributed by atoms with van der Waals surface area (Å²) in [6, 6.07) is 12.9. The second-order valence-electron chi connectivity index (χ2n) is 5.84. The summed E-state index contributed by atoms with van der Waals surface area (Å²) in [4.78, 5) is 24.5. The molecular weight excluding hydrogens is 368 g/mol. The molecule has 1 aromatic heterocycles. The van der Waals surface area contributed by atoms with E-state index in [-0.39, 0.29) is 17.9 Å². The van der Waals surface area contributed by atoms with Crippen molar-refractivity contribution in [3.05, 3.63) is 74.5 Å². The number of halogens is 1. The largest absolute Gasteiger partial charge is 0.338 e. The smallest absolute Gasteiger partial charge is 0.244 e. The molecule has 0 aliphatic rings. The molecule has 0 unspecified atom stereocenters. The van der Waals surface area contributed by atoms with Crippen molar-refractivity contribution < 1.29 is 4.79 Å². The van der Waals surface area contributed by atoms with E-state index in [1.165, 1.54) is 6.07 Å². The molecule has 5 heteroatoms. The molecule has 0 saturated carbocycles. The lowest BCUT2D eigenvalue weighted by atomic mass is 10.1. The monoisotopic (exact) mass is 384 g/mol. The molecule has 0 aliphatic carbocycles. The Balaban J connectivity index is 1.94. The number of hydrogen-bond donors (Lipinski definition) is 1. The van der Waals surface area contributed by atoms with Crippen LogP contribution >= 0.6 is 15.9 Å². The zero-order valence-electron chi connectivity index (χ0n) is 13.5. The van der Waals surface area contributed by atoms with Gasteiger partial charge in [-0.15, -0.1) is 0 Å². The lowest BCUT2D eigenvalue weighted by molar-refractivity contribution is -0.116. The number of carbonyl (C=O) groups is 1. The van der Waals surface area contributed by atoms with E-state index >= 15 is 0 Å². The van der Waals surface area contributed by atoms with Crippen LogP contribution in [0.25, 0.3) is 10.9 Å². The molecule has 1 heterocycles. The normalized spacial score (nSPS) is 10.8. The molecular formula is C19H17BrN2O2. The third-order valence-corrected chi connectivity index (χ3v) is 4.34. The number of aryl methyl sites for hydroxylation is 2. The minimum atomic E-state index is -0.141. The van der Waals surface area contributed by atoms with Crippen LogP contribution in [0.5, 0.6) is 0 Å². The summed E-state index contributed by atoms with van der Waals surface area (Å²) in [5.74, 6) is -0.141. The molecule has 3 aromatic rings. The highest BCUT2D eigenvalue weighted by Crippen LogP contribution is 2.18. The molecule has 0 fully saturated rings. The van der Waals surface area contributed by atoms with E-state index < -0.39 is 0 Å². The summed E-state index contributed by atoms with van der Waals surface area (Å²) in [6.07, 6.45) is 1.67. The standard InChI is InChI=1S/C19H17BrN2O2/c1-12-8-13(2)19-16(9-12)22(7-6-17(19)23)11-18(24)21-15-5-3-4-14(20)10-15/h3-10H,11H2,1-2H3,(H,21,24). The van der Waals surface area contributed by atoms with Crippen LogP contribution in [-0.2, 0) is 11.3 Å². The van der Waals surface area contributed by atoms with E-state index in [2.05, 4.69) is 21.2 Å². The van der Waals surface area contributed by atoms with Gasteiger partial charge >= 0.3 is 0 Å². The minimum absolute atomic E-state index is 0.0221. The van der Waals surface area contributed by atoms with Gasteiger partial charge in [-0.3, -0.25) is 9.59 Å². The summed E-state index contributed by atoms with van der Waals surface area (Å²) in [7, 11) is 0. The maximum Gasteiger partial charge on any atom is 0.244 e. The van der Waals surface area contributed by atoms with Crippen molar-refractivity contribution in [2.45, 2.75) is 20.4 Å². The third kappa shape index (κ3) is 3.41. The Kier molecular flexibility index (Phi) is 4.53. The predicted molar refractivity (Wildman–Crippen MR) is 100 cm³/mol. The lowest BCUT2D eigenvalue weighted by Gasteiger charge is -2.13. The van der Waals surface area contributed by atoms with E-state index in [1.54, 1.807) is 6.20 Å². The number of nitrogens with one attached hydrogen (secondary N) is 1. The fourth-order valence-electron chi connectivity index (χ4n) is 2.87. The highest BCUT2D eigenvalue weighted by atomic mass is 79.9. The van der Waals surface area contributed by atoms with Gasteiger partial charge in [0.2, 0.25) is 5.91 Å². The van der Waals surface area contributed by atoms with Gasteiger partial charge in [-0.2, -0.15) is 0 Å². The van der Waals surface area contributed by atoms with Gasteiger partial charge in [0.05, 0.1) is 5.52 Å². The Hall–Kier alpha value is -2.40. The average molecular weight is 385 g/mol. The van der Waals surface area contributed by atoms with Gasteiger partial charge in [0, 0.05) is 27.8 Å². The molecule has 0 aliphatic heterocycles. The molecule has 2 aromatic carbocycles. The van der Waals surface area contributed by atoms with E-state index in [4.69, 9.17) is 0 Å². The number of nitrogens with zero attached hydrogens (tertiary/aromatic N) is 1. The van der Waals surface area contributed by atoms with Crippen molar-refractivity contribution in [1.82, 2.24) is 4.57 Å². The summed E-state index contributed by atoms with van der Waals surface area (Å²) >= 11 is 3.38. The zero-order chi connectivity index (χ0) is 17.3. The van der Waals surface area contributed by atoms with Crippen molar-refractivity contribution in [3.63, 3.8) is 0 Å². The first kappa shape index (κ1) is 16.5. The minimum Gasteiger partial charge on any atom is -0.338 e. The first-order valence-corrected chi connectivity index (χ1v) is 8.39. The number of amides is 1. The van der Waals surface area contributed by atoms with E-state index in [9.17, 15) is 9.59 Å². The van der Waals surface area contributed by atoms with Crippen molar-refractivity contribution in [2.75, 3.05) is 5.32 Å². The maximum absolute atomic E-state index is 12.4. The number of pyridine rings is 1. The number of carbonyl (C=O) groups excluding carboxylic acids is 1. The van der Waals surface area contributed by atoms with Crippen LogP contribution in [-0.4, -0.2) is 10.5 Å². The second kappa shape index (κ2) is 6.61. The second-order valence-corrected chi connectivity index (χ2v) is 6.76. The fourth-order valence-corrected chi connectivity index (χ4v) is 3.27. The molecule has 122 valence electrons. The van der Waals surface area contributed by atoms with E-state index in [0.29, 0.717) is 5.39 Å². The Labute approximate surface area is 148 Å². The van der Waals surface area contributed by atoms with Crippen molar-refractivity contribution in [3.8, 4) is 0 Å². The number of hydrogen-bond acceptors (Lipinski definition) is 2. The number of fused-ring (bicyclic) bond motifs is 1. The van der Waals surface area contributed by atoms with Crippen LogP contribution in [0.3, 0.4) is 0 Å². The van der Waals surface area contributed by atoms with Crippen LogP contribution < -0.4 is 10.7 Å². The number of aromatic nitrogens is 1. The highest BCUT2D eigenvalue weighted by molar-refractivity contribution is 9.10. The first-order valence-electron chi connectivity index (χ1n) is 7.60. The maximum atomic E-state index is 12.4. The number of anilines is 1. The van der Waals surface area contributed by atoms with Gasteiger partial charge in [-0.05, 0) is 49.2 Å². The van der Waals surface area contributed by atoms with Crippen molar-refractivity contribution >= 4 is 38.4 Å². The zero-order valence-corrected chi connectivity index (χ0v) is 15.1. The SMILES string of the molecule is Cc1cc(C)c2c(=O)ccn(CC(=O)Nc3cccc(Br)c3)c2c1. The number of rotatable bonds is 3. The molecule has 0 bridgehead atoms. The quantitative estimate of drug-likeness (QED) is 0.741. The third-order valence-electron chi connectivity index (χ3n) is 3.84. The van der Waals surface area contributed by atoms with Crippen LogP contribution in [0, 0.1) is 13.8 Å². The first-order chi connectivity index (χ1) is 11.4. The Morgan fingerprint density at radius 2 is 1.96 bits per heavy atom. The summed E-state index contributed by atoms with van der Waals surface area (Å²) in [6.45, 7) is 4.05. The molecule has 24 heavy (non-hydrogen) atoms. The molecule has 0 spiro atoms. The highest BCUT2D eigenvalue weighted by Gasteiger charge is 2.10. The van der Waals surface area contributed by atoms with Crippen LogP contribution in [0.2, 0.25) is 0 Å². The topological polar surface area (TPSA) is 51.1 Å². The van der Waals surface area contributed by atoms with Gasteiger partial charge in [-0.1, -0.05) is 28.1 Å². The summed E-state index contributed by atoms with van der Waals surface area (Å²) in [5, 5.41) is 3.54. The molecule has 0 radical (unpaired) electrons. The summed E-state index contributed by atoms with van der Waals surface area (Å²) in [5.41, 5.74) is 3.48. The number of benzene rings is 2. The molecule has 1 N–H and O–H groups in total. The Bertz CT molecular complexity index is 992. The average Bonchev–Trinajstić information content (AvgIpc) is 2.49. The van der Waals surface area contributed by atoms with Crippen molar-refractivity contribution in [2.24, 2.45) is 0 Å². The molecule has 0 atom stereocenters. The van der Waals surface area contributed by atoms with Crippen LogP contribution in [0.1, 0.15) is 11.1 Å². The molecule has 1 amide bonds. The van der Waals surface area contributed by atoms with E-state index in [0.717, 1.165) is 26.8 Å². The van der Waals surface area contributed by atoms with Crippen molar-refractivity contribution in [1.29, 1.82) is 0 Å². The van der Waals surface area contributed by atoms with E-state index in [1.807, 2.05) is 54.8 Å². The molecule has 3 rings (SSSR count).